The molecule has 2 atom stereocenters. The maximum atomic E-state index is 9.47. The number of aliphatic hydroxyl groups excluding tert-OH is 1. The van der Waals surface area contributed by atoms with Gasteiger partial charge in [0.25, 0.3) is 0 Å². The van der Waals surface area contributed by atoms with Gasteiger partial charge < -0.3 is 9.84 Å². The number of hydrogen-bond acceptors (Lipinski definition) is 3. The van der Waals surface area contributed by atoms with Gasteiger partial charge in [-0.1, -0.05) is 18.5 Å². The van der Waals surface area contributed by atoms with Crippen molar-refractivity contribution in [2.45, 2.75) is 37.4 Å². The quantitative estimate of drug-likeness (QED) is 0.912. The van der Waals surface area contributed by atoms with E-state index in [1.165, 1.54) is 5.56 Å². The second-order valence-electron chi connectivity index (χ2n) is 4.41. The fraction of sp³-hybridized carbons (Fsp3) is 0.538. The summed E-state index contributed by atoms with van der Waals surface area (Å²) in [7, 11) is 0. The van der Waals surface area contributed by atoms with Crippen molar-refractivity contribution in [2.75, 3.05) is 6.61 Å². The fourth-order valence-corrected chi connectivity index (χ4v) is 3.01. The Morgan fingerprint density at radius 3 is 2.94 bits per heavy atom. The zero-order valence-electron chi connectivity index (χ0n) is 10.1. The Morgan fingerprint density at radius 1 is 1.47 bits per heavy atom. The van der Waals surface area contributed by atoms with Crippen molar-refractivity contribution in [2.24, 2.45) is 0 Å². The van der Waals surface area contributed by atoms with Gasteiger partial charge in [-0.05, 0) is 24.6 Å². The molecule has 0 amide bonds. The molecule has 0 aliphatic carbocycles. The maximum Gasteiger partial charge on any atom is 0.126 e. The predicted octanol–water partition coefficient (Wildman–Crippen LogP) is 3.28. The van der Waals surface area contributed by atoms with E-state index in [1.807, 2.05) is 26.0 Å². The van der Waals surface area contributed by atoms with Crippen LogP contribution >= 0.6 is 23.4 Å². The van der Waals surface area contributed by atoms with Crippen molar-refractivity contribution in [1.29, 1.82) is 0 Å². The molecule has 1 aliphatic rings. The maximum absolute atomic E-state index is 9.47. The Kier molecular flexibility index (Phi) is 4.23. The minimum Gasteiger partial charge on any atom is -0.493 e. The van der Waals surface area contributed by atoms with Gasteiger partial charge in [0.05, 0.1) is 12.7 Å². The van der Waals surface area contributed by atoms with Crippen LogP contribution in [0.15, 0.2) is 12.1 Å². The topological polar surface area (TPSA) is 29.5 Å². The highest BCUT2D eigenvalue weighted by molar-refractivity contribution is 7.99. The van der Waals surface area contributed by atoms with Crippen LogP contribution in [0.5, 0.6) is 5.75 Å². The van der Waals surface area contributed by atoms with Crippen LogP contribution in [0.25, 0.3) is 0 Å². The lowest BCUT2D eigenvalue weighted by Crippen LogP contribution is -2.15. The smallest absolute Gasteiger partial charge is 0.126 e. The van der Waals surface area contributed by atoms with E-state index < -0.39 is 0 Å². The highest BCUT2D eigenvalue weighted by atomic mass is 35.5. The zero-order valence-corrected chi connectivity index (χ0v) is 11.6. The number of thioether (sulfide) groups is 1. The van der Waals surface area contributed by atoms with Gasteiger partial charge >= 0.3 is 0 Å². The van der Waals surface area contributed by atoms with E-state index >= 15 is 0 Å². The third kappa shape index (κ3) is 3.09. The number of fused-ring (bicyclic) bond motifs is 1. The number of ether oxygens (including phenoxy) is 1. The number of aliphatic hydroxyl groups is 1. The first-order chi connectivity index (χ1) is 8.08. The van der Waals surface area contributed by atoms with Crippen LogP contribution < -0.4 is 4.74 Å². The molecule has 0 saturated carbocycles. The lowest BCUT2D eigenvalue weighted by atomic mass is 10.1. The lowest BCUT2D eigenvalue weighted by molar-refractivity contribution is 0.196. The normalized spacial score (nSPS) is 17.4. The van der Waals surface area contributed by atoms with Crippen LogP contribution in [-0.2, 0) is 12.2 Å². The molecule has 2 rings (SSSR count). The zero-order chi connectivity index (χ0) is 12.4. The first-order valence-corrected chi connectivity index (χ1v) is 7.24. The molecule has 94 valence electrons. The van der Waals surface area contributed by atoms with Crippen molar-refractivity contribution in [1.82, 2.24) is 0 Å². The molecular formula is C13H17ClO2S. The molecule has 2 nitrogen and oxygen atoms in total. The molecular weight excluding hydrogens is 256 g/mol. The Balaban J connectivity index is 2.11. The second kappa shape index (κ2) is 5.51. The largest absolute Gasteiger partial charge is 0.493 e. The van der Waals surface area contributed by atoms with Gasteiger partial charge in [0.15, 0.2) is 0 Å². The summed E-state index contributed by atoms with van der Waals surface area (Å²) in [5.74, 6) is 1.83. The van der Waals surface area contributed by atoms with Gasteiger partial charge in [0, 0.05) is 28.0 Å². The van der Waals surface area contributed by atoms with Crippen LogP contribution in [0.3, 0.4) is 0 Å². The third-order valence-electron chi connectivity index (χ3n) is 3.01. The molecule has 0 spiro atoms. The van der Waals surface area contributed by atoms with Crippen molar-refractivity contribution in [3.8, 4) is 5.75 Å². The van der Waals surface area contributed by atoms with Crippen LogP contribution in [0, 0.1) is 0 Å². The number of halogens is 1. The summed E-state index contributed by atoms with van der Waals surface area (Å²) < 4.78 is 5.64. The Bertz CT molecular complexity index is 407. The first-order valence-electron chi connectivity index (χ1n) is 5.81. The second-order valence-corrected chi connectivity index (χ2v) is 6.21. The fourth-order valence-electron chi connectivity index (χ4n) is 1.81. The van der Waals surface area contributed by atoms with Gasteiger partial charge in [-0.15, -0.1) is 0 Å². The summed E-state index contributed by atoms with van der Waals surface area (Å²) in [4.78, 5) is 0. The summed E-state index contributed by atoms with van der Waals surface area (Å²) >= 11 is 7.82. The standard InChI is InChI=1S/C13H17ClO2S/c1-8(15)9(2)17-7-11-6-12(14)5-10-3-4-16-13(10)11/h5-6,8-9,15H,3-4,7H2,1-2H3. The summed E-state index contributed by atoms with van der Waals surface area (Å²) in [6, 6.07) is 3.95. The van der Waals surface area contributed by atoms with E-state index in [2.05, 4.69) is 0 Å². The lowest BCUT2D eigenvalue weighted by Gasteiger charge is -2.15. The van der Waals surface area contributed by atoms with E-state index in [0.717, 1.165) is 35.1 Å². The molecule has 0 bridgehead atoms. The molecule has 1 N–H and O–H groups in total. The number of rotatable bonds is 4. The minimum atomic E-state index is -0.298. The van der Waals surface area contributed by atoms with Gasteiger partial charge in [0.2, 0.25) is 0 Å². The van der Waals surface area contributed by atoms with Crippen LogP contribution in [0.4, 0.5) is 0 Å². The van der Waals surface area contributed by atoms with Crippen LogP contribution in [-0.4, -0.2) is 23.1 Å². The number of hydrogen-bond donors (Lipinski definition) is 1. The van der Waals surface area contributed by atoms with E-state index in [1.54, 1.807) is 11.8 Å². The molecule has 0 saturated heterocycles. The van der Waals surface area contributed by atoms with Crippen molar-refractivity contribution >= 4 is 23.4 Å². The molecule has 1 heterocycles. The number of benzene rings is 1. The SMILES string of the molecule is CC(O)C(C)SCc1cc(Cl)cc2c1OCC2. The molecule has 1 aromatic rings. The summed E-state index contributed by atoms with van der Waals surface area (Å²) in [6.45, 7) is 4.59. The summed E-state index contributed by atoms with van der Waals surface area (Å²) in [5.41, 5.74) is 2.35. The average molecular weight is 273 g/mol. The Morgan fingerprint density at radius 2 is 2.24 bits per heavy atom. The Hall–Kier alpha value is -0.380. The molecule has 0 aromatic heterocycles. The van der Waals surface area contributed by atoms with E-state index in [-0.39, 0.29) is 11.4 Å². The predicted molar refractivity (Wildman–Crippen MR) is 73.1 cm³/mol. The molecule has 0 radical (unpaired) electrons. The molecule has 17 heavy (non-hydrogen) atoms. The third-order valence-corrected chi connectivity index (χ3v) is 4.62. The van der Waals surface area contributed by atoms with Gasteiger partial charge in [-0.3, -0.25) is 0 Å². The molecule has 0 fully saturated rings. The highest BCUT2D eigenvalue weighted by Gasteiger charge is 2.18. The van der Waals surface area contributed by atoms with E-state index in [0.29, 0.717) is 0 Å². The monoisotopic (exact) mass is 272 g/mol. The summed E-state index contributed by atoms with van der Waals surface area (Å²) in [5, 5.41) is 10.5. The molecule has 1 aliphatic heterocycles. The highest BCUT2D eigenvalue weighted by Crippen LogP contribution is 2.35. The van der Waals surface area contributed by atoms with Crippen LogP contribution in [0.1, 0.15) is 25.0 Å². The van der Waals surface area contributed by atoms with Crippen LogP contribution in [0.2, 0.25) is 5.02 Å². The molecule has 2 unspecified atom stereocenters. The Labute approximate surface area is 111 Å². The first kappa shape index (κ1) is 13.1. The van der Waals surface area contributed by atoms with E-state index in [9.17, 15) is 5.11 Å². The molecule has 1 aromatic carbocycles. The van der Waals surface area contributed by atoms with Gasteiger partial charge in [0.1, 0.15) is 5.75 Å². The summed E-state index contributed by atoms with van der Waals surface area (Å²) in [6.07, 6.45) is 0.646. The van der Waals surface area contributed by atoms with Gasteiger partial charge in [-0.2, -0.15) is 11.8 Å². The average Bonchev–Trinajstić information content (AvgIpc) is 2.72. The van der Waals surface area contributed by atoms with E-state index in [4.69, 9.17) is 16.3 Å². The van der Waals surface area contributed by atoms with Crippen molar-refractivity contribution in [3.05, 3.63) is 28.3 Å². The van der Waals surface area contributed by atoms with Gasteiger partial charge in [-0.25, -0.2) is 0 Å². The van der Waals surface area contributed by atoms with Crippen molar-refractivity contribution in [3.63, 3.8) is 0 Å². The van der Waals surface area contributed by atoms with Crippen molar-refractivity contribution < 1.29 is 9.84 Å². The minimum absolute atomic E-state index is 0.214. The molecule has 4 heteroatoms.